The van der Waals surface area contributed by atoms with Crippen LogP contribution in [-0.2, 0) is 0 Å². The maximum absolute atomic E-state index is 10.1. The number of hydrogen-bond donors (Lipinski definition) is 2. The van der Waals surface area contributed by atoms with E-state index in [1.165, 1.54) is 0 Å². The third kappa shape index (κ3) is 4.16. The van der Waals surface area contributed by atoms with Crippen LogP contribution in [0.3, 0.4) is 0 Å². The van der Waals surface area contributed by atoms with E-state index in [1.54, 1.807) is 6.07 Å². The van der Waals surface area contributed by atoms with Gasteiger partial charge in [-0.15, -0.1) is 0 Å². The Kier molecular flexibility index (Phi) is 5.29. The van der Waals surface area contributed by atoms with E-state index in [9.17, 15) is 5.11 Å². The first-order valence-electron chi connectivity index (χ1n) is 6.53. The van der Waals surface area contributed by atoms with Crippen molar-refractivity contribution in [1.29, 1.82) is 0 Å². The maximum Gasteiger partial charge on any atom is 0.120 e. The van der Waals surface area contributed by atoms with E-state index in [-0.39, 0.29) is 6.10 Å². The molecule has 1 heterocycles. The third-order valence-corrected chi connectivity index (χ3v) is 3.59. The zero-order chi connectivity index (χ0) is 12.8. The lowest BCUT2D eigenvalue weighted by molar-refractivity contribution is 0.0702. The summed E-state index contributed by atoms with van der Waals surface area (Å²) < 4.78 is 5.58. The van der Waals surface area contributed by atoms with Gasteiger partial charge in [0.1, 0.15) is 5.75 Å². The van der Waals surface area contributed by atoms with Crippen molar-refractivity contribution in [2.24, 2.45) is 5.92 Å². The average Bonchev–Trinajstić information content (AvgIpc) is 2.40. The Labute approximate surface area is 113 Å². The first-order valence-corrected chi connectivity index (χ1v) is 6.90. The summed E-state index contributed by atoms with van der Waals surface area (Å²) in [6.07, 6.45) is 2.64. The van der Waals surface area contributed by atoms with Gasteiger partial charge in [0.25, 0.3) is 0 Å². The van der Waals surface area contributed by atoms with E-state index in [1.807, 2.05) is 18.2 Å². The van der Waals surface area contributed by atoms with Crippen molar-refractivity contribution in [3.8, 4) is 5.75 Å². The third-order valence-electron chi connectivity index (χ3n) is 3.36. The molecular formula is C14H20ClNO2. The molecule has 0 aliphatic carbocycles. The zero-order valence-corrected chi connectivity index (χ0v) is 11.2. The quantitative estimate of drug-likeness (QED) is 0.863. The van der Waals surface area contributed by atoms with Crippen LogP contribution in [0.15, 0.2) is 24.3 Å². The van der Waals surface area contributed by atoms with Crippen LogP contribution < -0.4 is 10.1 Å². The molecule has 1 fully saturated rings. The smallest absolute Gasteiger partial charge is 0.120 e. The monoisotopic (exact) mass is 269 g/mol. The number of halogens is 1. The van der Waals surface area contributed by atoms with Crippen molar-refractivity contribution in [3.63, 3.8) is 0 Å². The lowest BCUT2D eigenvalue weighted by Gasteiger charge is -2.27. The zero-order valence-electron chi connectivity index (χ0n) is 10.4. The molecule has 1 aromatic rings. The molecule has 2 unspecified atom stereocenters. The Morgan fingerprint density at radius 1 is 1.50 bits per heavy atom. The molecule has 2 N–H and O–H groups in total. The Balaban J connectivity index is 1.71. The van der Waals surface area contributed by atoms with Crippen molar-refractivity contribution in [2.45, 2.75) is 25.4 Å². The van der Waals surface area contributed by atoms with Gasteiger partial charge in [-0.1, -0.05) is 17.7 Å². The van der Waals surface area contributed by atoms with Crippen LogP contribution in [0.2, 0.25) is 5.02 Å². The molecule has 4 heteroatoms. The van der Waals surface area contributed by atoms with Crippen molar-refractivity contribution in [3.05, 3.63) is 29.3 Å². The molecular weight excluding hydrogens is 250 g/mol. The Bertz CT molecular complexity index is 367. The van der Waals surface area contributed by atoms with Gasteiger partial charge in [0.15, 0.2) is 0 Å². The summed E-state index contributed by atoms with van der Waals surface area (Å²) in [7, 11) is 0. The number of ether oxygens (including phenoxy) is 1. The number of hydrogen-bond acceptors (Lipinski definition) is 3. The first-order chi connectivity index (χ1) is 8.75. The van der Waals surface area contributed by atoms with Gasteiger partial charge < -0.3 is 15.2 Å². The number of aliphatic hydroxyl groups excluding tert-OH is 1. The molecule has 1 aromatic carbocycles. The van der Waals surface area contributed by atoms with Crippen LogP contribution in [-0.4, -0.2) is 30.9 Å². The van der Waals surface area contributed by atoms with Gasteiger partial charge in [-0.3, -0.25) is 0 Å². The second-order valence-corrected chi connectivity index (χ2v) is 5.20. The lowest BCUT2D eigenvalue weighted by atomic mass is 9.92. The molecule has 1 aliphatic rings. The maximum atomic E-state index is 10.1. The Morgan fingerprint density at radius 2 is 2.39 bits per heavy atom. The van der Waals surface area contributed by atoms with Gasteiger partial charge in [0.05, 0.1) is 12.7 Å². The number of nitrogens with one attached hydrogen (secondary N) is 1. The van der Waals surface area contributed by atoms with Crippen LogP contribution in [0, 0.1) is 5.92 Å². The van der Waals surface area contributed by atoms with E-state index in [2.05, 4.69) is 5.32 Å². The molecule has 1 saturated heterocycles. The second-order valence-electron chi connectivity index (χ2n) is 4.77. The van der Waals surface area contributed by atoms with E-state index in [0.717, 1.165) is 31.7 Å². The van der Waals surface area contributed by atoms with Crippen LogP contribution in [0.4, 0.5) is 0 Å². The predicted octanol–water partition coefficient (Wildman–Crippen LogP) is 2.47. The standard InChI is InChI=1S/C14H20ClNO2/c15-12-4-1-5-13(9-12)18-8-6-14(17)11-3-2-7-16-10-11/h1,4-5,9,11,14,16-17H,2-3,6-8,10H2. The van der Waals surface area contributed by atoms with Gasteiger partial charge in [0.2, 0.25) is 0 Å². The molecule has 0 spiro atoms. The van der Waals surface area contributed by atoms with Gasteiger partial charge in [-0.05, 0) is 43.5 Å². The molecule has 0 radical (unpaired) electrons. The summed E-state index contributed by atoms with van der Waals surface area (Å²) in [5, 5.41) is 14.0. The molecule has 1 aliphatic heterocycles. The average molecular weight is 270 g/mol. The largest absolute Gasteiger partial charge is 0.493 e. The van der Waals surface area contributed by atoms with Crippen LogP contribution in [0.5, 0.6) is 5.75 Å². The number of rotatable bonds is 5. The SMILES string of the molecule is OC(CCOc1cccc(Cl)c1)C1CCCNC1. The Hall–Kier alpha value is -0.770. The normalized spacial score (nSPS) is 21.6. The molecule has 0 saturated carbocycles. The second kappa shape index (κ2) is 6.98. The topological polar surface area (TPSA) is 41.5 Å². The van der Waals surface area contributed by atoms with Crippen LogP contribution >= 0.6 is 11.6 Å². The van der Waals surface area contributed by atoms with Gasteiger partial charge in [-0.2, -0.15) is 0 Å². The molecule has 0 bridgehead atoms. The fraction of sp³-hybridized carbons (Fsp3) is 0.571. The predicted molar refractivity (Wildman–Crippen MR) is 73.2 cm³/mol. The molecule has 2 atom stereocenters. The highest BCUT2D eigenvalue weighted by molar-refractivity contribution is 6.30. The fourth-order valence-corrected chi connectivity index (χ4v) is 2.48. The van der Waals surface area contributed by atoms with Crippen molar-refractivity contribution < 1.29 is 9.84 Å². The Morgan fingerprint density at radius 3 is 3.11 bits per heavy atom. The summed E-state index contributed by atoms with van der Waals surface area (Å²) in [5.41, 5.74) is 0. The molecule has 100 valence electrons. The summed E-state index contributed by atoms with van der Waals surface area (Å²) in [6.45, 7) is 2.51. The van der Waals surface area contributed by atoms with Crippen molar-refractivity contribution in [1.82, 2.24) is 5.32 Å². The minimum Gasteiger partial charge on any atom is -0.493 e. The molecule has 0 aromatic heterocycles. The highest BCUT2D eigenvalue weighted by atomic mass is 35.5. The summed E-state index contributed by atoms with van der Waals surface area (Å²) >= 11 is 5.87. The van der Waals surface area contributed by atoms with E-state index in [0.29, 0.717) is 24.0 Å². The lowest BCUT2D eigenvalue weighted by Crippen LogP contribution is -2.37. The number of benzene rings is 1. The van der Waals surface area contributed by atoms with Crippen molar-refractivity contribution in [2.75, 3.05) is 19.7 Å². The van der Waals surface area contributed by atoms with Crippen LogP contribution in [0.1, 0.15) is 19.3 Å². The van der Waals surface area contributed by atoms with E-state index in [4.69, 9.17) is 16.3 Å². The molecule has 0 amide bonds. The van der Waals surface area contributed by atoms with Gasteiger partial charge in [-0.25, -0.2) is 0 Å². The minimum absolute atomic E-state index is 0.281. The summed E-state index contributed by atoms with van der Waals surface area (Å²) in [4.78, 5) is 0. The molecule has 3 nitrogen and oxygen atoms in total. The van der Waals surface area contributed by atoms with Crippen molar-refractivity contribution >= 4 is 11.6 Å². The first kappa shape index (κ1) is 13.7. The molecule has 2 rings (SSSR count). The van der Waals surface area contributed by atoms with Gasteiger partial charge in [0, 0.05) is 18.0 Å². The van der Waals surface area contributed by atoms with Crippen LogP contribution in [0.25, 0.3) is 0 Å². The summed E-state index contributed by atoms with van der Waals surface area (Å²) in [6, 6.07) is 7.34. The van der Waals surface area contributed by atoms with E-state index < -0.39 is 0 Å². The van der Waals surface area contributed by atoms with E-state index >= 15 is 0 Å². The highest BCUT2D eigenvalue weighted by Gasteiger charge is 2.21. The summed E-state index contributed by atoms with van der Waals surface area (Å²) in [5.74, 6) is 1.12. The highest BCUT2D eigenvalue weighted by Crippen LogP contribution is 2.19. The molecule has 18 heavy (non-hydrogen) atoms. The number of piperidine rings is 1. The fourth-order valence-electron chi connectivity index (χ4n) is 2.30. The number of aliphatic hydroxyl groups is 1. The van der Waals surface area contributed by atoms with Gasteiger partial charge >= 0.3 is 0 Å². The minimum atomic E-state index is -0.281.